The predicted octanol–water partition coefficient (Wildman–Crippen LogP) is 4.85. The van der Waals surface area contributed by atoms with Crippen molar-refractivity contribution in [3.63, 3.8) is 0 Å². The van der Waals surface area contributed by atoms with Gasteiger partial charge in [0.05, 0.1) is 18.4 Å². The molecule has 0 bridgehead atoms. The second-order valence-electron chi connectivity index (χ2n) is 6.08. The lowest BCUT2D eigenvalue weighted by atomic mass is 10.2. The minimum Gasteiger partial charge on any atom is -0.497 e. The summed E-state index contributed by atoms with van der Waals surface area (Å²) in [6.45, 7) is 1.59. The van der Waals surface area contributed by atoms with E-state index < -0.39 is 11.9 Å². The Bertz CT molecular complexity index is 990. The van der Waals surface area contributed by atoms with Crippen molar-refractivity contribution in [3.05, 3.63) is 71.6 Å². The van der Waals surface area contributed by atoms with Crippen molar-refractivity contribution < 1.29 is 18.7 Å². The highest BCUT2D eigenvalue weighted by atomic mass is 35.5. The molecule has 2 amide bonds. The van der Waals surface area contributed by atoms with E-state index in [2.05, 4.69) is 10.6 Å². The van der Waals surface area contributed by atoms with Crippen LogP contribution in [0.4, 0.5) is 5.69 Å². The van der Waals surface area contributed by atoms with Gasteiger partial charge in [0.25, 0.3) is 5.91 Å². The zero-order valence-electron chi connectivity index (χ0n) is 15.8. The number of methoxy groups -OCH3 is 1. The second-order valence-corrected chi connectivity index (χ2v) is 7.61. The number of nitrogens with one attached hydrogen (secondary N) is 2. The van der Waals surface area contributed by atoms with E-state index in [0.29, 0.717) is 10.7 Å². The van der Waals surface area contributed by atoms with Gasteiger partial charge in [-0.15, -0.1) is 0 Å². The molecule has 3 rings (SSSR count). The summed E-state index contributed by atoms with van der Waals surface area (Å²) in [7, 11) is 1.62. The van der Waals surface area contributed by atoms with Gasteiger partial charge in [0, 0.05) is 15.5 Å². The van der Waals surface area contributed by atoms with E-state index in [-0.39, 0.29) is 11.7 Å². The molecule has 0 saturated carbocycles. The first-order chi connectivity index (χ1) is 14.0. The van der Waals surface area contributed by atoms with Crippen LogP contribution in [-0.2, 0) is 4.79 Å². The molecule has 0 aliphatic rings. The molecule has 150 valence electrons. The first-order valence-electron chi connectivity index (χ1n) is 8.73. The van der Waals surface area contributed by atoms with Crippen LogP contribution in [0.15, 0.2) is 75.1 Å². The van der Waals surface area contributed by atoms with Gasteiger partial charge in [-0.25, -0.2) is 0 Å². The first kappa shape index (κ1) is 20.8. The summed E-state index contributed by atoms with van der Waals surface area (Å²) in [6.07, 6.45) is 1.40. The number of anilines is 1. The van der Waals surface area contributed by atoms with Crippen LogP contribution in [0.5, 0.6) is 5.75 Å². The summed E-state index contributed by atoms with van der Waals surface area (Å²) in [5.41, 5.74) is 0.540. The molecule has 6 nitrogen and oxygen atoms in total. The van der Waals surface area contributed by atoms with Crippen LogP contribution in [0, 0.1) is 0 Å². The van der Waals surface area contributed by atoms with Gasteiger partial charge in [-0.3, -0.25) is 9.59 Å². The van der Waals surface area contributed by atoms with E-state index in [0.717, 1.165) is 15.5 Å². The van der Waals surface area contributed by atoms with Crippen LogP contribution in [0.25, 0.3) is 0 Å². The number of hydrogen-bond acceptors (Lipinski definition) is 5. The van der Waals surface area contributed by atoms with E-state index in [1.807, 2.05) is 30.3 Å². The number of halogens is 1. The molecule has 2 N–H and O–H groups in total. The third-order valence-corrected chi connectivity index (χ3v) is 5.48. The molecule has 0 aliphatic carbocycles. The quantitative estimate of drug-likeness (QED) is 0.560. The largest absolute Gasteiger partial charge is 0.497 e. The Kier molecular flexibility index (Phi) is 6.85. The number of benzene rings is 2. The molecular formula is C21H19ClN2O4S. The highest BCUT2D eigenvalue weighted by molar-refractivity contribution is 7.99. The lowest BCUT2D eigenvalue weighted by Crippen LogP contribution is -2.41. The molecular weight excluding hydrogens is 412 g/mol. The molecule has 8 heteroatoms. The van der Waals surface area contributed by atoms with Crippen molar-refractivity contribution in [1.82, 2.24) is 5.32 Å². The summed E-state index contributed by atoms with van der Waals surface area (Å²) >= 11 is 7.88. The molecule has 2 aromatic carbocycles. The highest BCUT2D eigenvalue weighted by Gasteiger charge is 2.18. The standard InChI is InChI=1S/C21H19ClN2O4S/c1-13(23-21(26)18-4-3-11-28-18)20(25)24-14-5-10-19(17(22)12-14)29-16-8-6-15(27-2)7-9-16/h3-13H,1-2H3,(H,23,26)(H,24,25). The summed E-state index contributed by atoms with van der Waals surface area (Å²) in [4.78, 5) is 26.2. The van der Waals surface area contributed by atoms with Crippen LogP contribution in [0.1, 0.15) is 17.5 Å². The smallest absolute Gasteiger partial charge is 0.287 e. The van der Waals surface area contributed by atoms with E-state index >= 15 is 0 Å². The van der Waals surface area contributed by atoms with E-state index in [1.54, 1.807) is 32.2 Å². The minimum atomic E-state index is -0.750. The van der Waals surface area contributed by atoms with Gasteiger partial charge in [0.1, 0.15) is 11.8 Å². The maximum Gasteiger partial charge on any atom is 0.287 e. The van der Waals surface area contributed by atoms with Crippen molar-refractivity contribution in [3.8, 4) is 5.75 Å². The van der Waals surface area contributed by atoms with Crippen molar-refractivity contribution in [2.75, 3.05) is 12.4 Å². The molecule has 1 aromatic heterocycles. The Hall–Kier alpha value is -2.90. The van der Waals surface area contributed by atoms with Crippen LogP contribution >= 0.6 is 23.4 Å². The number of amides is 2. The molecule has 0 aliphatic heterocycles. The van der Waals surface area contributed by atoms with Gasteiger partial charge in [0.15, 0.2) is 5.76 Å². The number of carbonyl (C=O) groups is 2. The Morgan fingerprint density at radius 2 is 1.90 bits per heavy atom. The number of hydrogen-bond donors (Lipinski definition) is 2. The Morgan fingerprint density at radius 1 is 1.14 bits per heavy atom. The average molecular weight is 431 g/mol. The molecule has 1 heterocycles. The lowest BCUT2D eigenvalue weighted by Gasteiger charge is -2.14. The number of furan rings is 1. The summed E-state index contributed by atoms with van der Waals surface area (Å²) in [6, 6.07) is 15.3. The zero-order valence-corrected chi connectivity index (χ0v) is 17.3. The van der Waals surface area contributed by atoms with Gasteiger partial charge < -0.3 is 19.8 Å². The average Bonchev–Trinajstić information content (AvgIpc) is 3.25. The highest BCUT2D eigenvalue weighted by Crippen LogP contribution is 2.35. The molecule has 0 radical (unpaired) electrons. The van der Waals surface area contributed by atoms with Gasteiger partial charge in [-0.2, -0.15) is 0 Å². The maximum absolute atomic E-state index is 12.3. The van der Waals surface area contributed by atoms with Gasteiger partial charge >= 0.3 is 0 Å². The second kappa shape index (κ2) is 9.54. The number of ether oxygens (including phenoxy) is 1. The fraction of sp³-hybridized carbons (Fsp3) is 0.143. The topological polar surface area (TPSA) is 80.6 Å². The lowest BCUT2D eigenvalue weighted by molar-refractivity contribution is -0.117. The Balaban J connectivity index is 1.60. The molecule has 1 unspecified atom stereocenters. The van der Waals surface area contributed by atoms with E-state index in [1.165, 1.54) is 24.1 Å². The maximum atomic E-state index is 12.3. The van der Waals surface area contributed by atoms with Crippen molar-refractivity contribution in [2.24, 2.45) is 0 Å². The third kappa shape index (κ3) is 5.56. The monoisotopic (exact) mass is 430 g/mol. The molecule has 3 aromatic rings. The minimum absolute atomic E-state index is 0.146. The normalized spacial score (nSPS) is 11.6. The van der Waals surface area contributed by atoms with Crippen molar-refractivity contribution in [2.45, 2.75) is 22.8 Å². The fourth-order valence-corrected chi connectivity index (χ4v) is 3.54. The number of rotatable bonds is 7. The Morgan fingerprint density at radius 3 is 2.52 bits per heavy atom. The summed E-state index contributed by atoms with van der Waals surface area (Å²) in [5.74, 6) is 0.109. The molecule has 0 spiro atoms. The van der Waals surface area contributed by atoms with Crippen LogP contribution in [0.2, 0.25) is 5.02 Å². The fourth-order valence-electron chi connectivity index (χ4n) is 2.42. The van der Waals surface area contributed by atoms with Gasteiger partial charge in [-0.05, 0) is 61.5 Å². The van der Waals surface area contributed by atoms with Crippen molar-refractivity contribution >= 4 is 40.9 Å². The number of carbonyl (C=O) groups excluding carboxylic acids is 2. The summed E-state index contributed by atoms with van der Waals surface area (Å²) in [5, 5.41) is 5.83. The van der Waals surface area contributed by atoms with Crippen LogP contribution < -0.4 is 15.4 Å². The van der Waals surface area contributed by atoms with E-state index in [9.17, 15) is 9.59 Å². The molecule has 29 heavy (non-hydrogen) atoms. The third-order valence-electron chi connectivity index (χ3n) is 3.97. The zero-order chi connectivity index (χ0) is 20.8. The first-order valence-corrected chi connectivity index (χ1v) is 9.92. The van der Waals surface area contributed by atoms with Crippen molar-refractivity contribution in [1.29, 1.82) is 0 Å². The van der Waals surface area contributed by atoms with Crippen LogP contribution in [-0.4, -0.2) is 25.0 Å². The molecule has 1 atom stereocenters. The SMILES string of the molecule is COc1ccc(Sc2ccc(NC(=O)C(C)NC(=O)c3ccco3)cc2Cl)cc1. The van der Waals surface area contributed by atoms with Gasteiger partial charge in [0.2, 0.25) is 5.91 Å². The molecule has 0 saturated heterocycles. The predicted molar refractivity (Wildman–Crippen MR) is 113 cm³/mol. The summed E-state index contributed by atoms with van der Waals surface area (Å²) < 4.78 is 10.2. The molecule has 0 fully saturated rings. The van der Waals surface area contributed by atoms with Crippen LogP contribution in [0.3, 0.4) is 0 Å². The van der Waals surface area contributed by atoms with Gasteiger partial charge in [-0.1, -0.05) is 23.4 Å². The Labute approximate surface area is 177 Å². The van der Waals surface area contributed by atoms with E-state index in [4.69, 9.17) is 20.8 Å².